The molecule has 2 amide bonds. The number of rotatable bonds is 6. The second kappa shape index (κ2) is 11.5. The minimum atomic E-state index is -0.616. The topological polar surface area (TPSA) is 83.6 Å². The Kier molecular flexibility index (Phi) is 9.36. The van der Waals surface area contributed by atoms with Crippen LogP contribution < -0.4 is 10.6 Å². The predicted octanol–water partition coefficient (Wildman–Crippen LogP) is 3.58. The van der Waals surface area contributed by atoms with Gasteiger partial charge in [0.1, 0.15) is 12.8 Å². The molecule has 2 unspecified atom stereocenters. The molecule has 1 fully saturated rings. The fourth-order valence-electron chi connectivity index (χ4n) is 3.63. The zero-order chi connectivity index (χ0) is 23.9. The van der Waals surface area contributed by atoms with E-state index in [0.717, 1.165) is 21.7 Å². The molecule has 0 aliphatic carbocycles. The number of hydrogen-bond donors (Lipinski definition) is 2. The van der Waals surface area contributed by atoms with E-state index in [0.29, 0.717) is 6.54 Å². The summed E-state index contributed by atoms with van der Waals surface area (Å²) in [4.78, 5) is 32.7. The van der Waals surface area contributed by atoms with Gasteiger partial charge in [-0.3, -0.25) is 9.59 Å². The molecule has 1 aromatic heterocycles. The summed E-state index contributed by atoms with van der Waals surface area (Å²) in [5.41, 5.74) is 4.70. The van der Waals surface area contributed by atoms with E-state index in [1.807, 2.05) is 71.3 Å². The van der Waals surface area contributed by atoms with Crippen LogP contribution in [0.4, 0.5) is 0 Å². The van der Waals surface area contributed by atoms with Crippen LogP contribution in [-0.4, -0.2) is 54.2 Å². The highest BCUT2D eigenvalue weighted by atomic mass is 32.1. The van der Waals surface area contributed by atoms with Crippen LogP contribution in [0.5, 0.6) is 0 Å². The molecule has 0 saturated carbocycles. The third-order valence-corrected chi connectivity index (χ3v) is 6.28. The van der Waals surface area contributed by atoms with Crippen molar-refractivity contribution in [3.8, 4) is 10.4 Å². The summed E-state index contributed by atoms with van der Waals surface area (Å²) in [5, 5.41) is 6.02. The molecule has 2 atom stereocenters. The zero-order valence-electron chi connectivity index (χ0n) is 20.2. The first-order chi connectivity index (χ1) is 15.2. The maximum atomic E-state index is 13.0. The Balaban J connectivity index is 0.00000176. The first-order valence-electron chi connectivity index (χ1n) is 11.0. The van der Waals surface area contributed by atoms with E-state index in [2.05, 4.69) is 15.6 Å². The van der Waals surface area contributed by atoms with Gasteiger partial charge in [-0.15, -0.1) is 11.3 Å². The smallest absolute Gasteiger partial charge is 0.245 e. The molecule has 7 nitrogen and oxygen atoms in total. The molecule has 2 aromatic rings. The van der Waals surface area contributed by atoms with Crippen molar-refractivity contribution in [3.63, 3.8) is 0 Å². The second-order valence-electron chi connectivity index (χ2n) is 8.59. The highest BCUT2D eigenvalue weighted by Gasteiger charge is 2.41. The summed E-state index contributed by atoms with van der Waals surface area (Å²) in [5.74, 6) is -0.320. The Hall–Kier alpha value is -2.29. The van der Waals surface area contributed by atoms with Crippen molar-refractivity contribution in [2.24, 2.45) is 5.41 Å². The number of nitrogens with one attached hydrogen (secondary N) is 2. The van der Waals surface area contributed by atoms with Crippen LogP contribution in [-0.2, 0) is 20.9 Å². The standard InChI is InChI=1S/C22H30N4O3S.C2H6/c1-14-18(30-12-25-14)16-8-6-15(7-9-16)10-24-20(27)17-11-29-13-26(17)21(28)19(23-5)22(2,3)4;1-2/h6-9,12,17,19,23H,10-11,13H2,1-5H3,(H,24,27);1-2H3. The second-order valence-corrected chi connectivity index (χ2v) is 9.45. The number of nitrogens with zero attached hydrogens (tertiary/aromatic N) is 2. The lowest BCUT2D eigenvalue weighted by molar-refractivity contribution is -0.142. The first kappa shape index (κ1) is 26.0. The third kappa shape index (κ3) is 6.15. The van der Waals surface area contributed by atoms with E-state index in [1.54, 1.807) is 18.4 Å². The maximum absolute atomic E-state index is 13.0. The molecule has 3 rings (SSSR count). The quantitative estimate of drug-likeness (QED) is 0.688. The summed E-state index contributed by atoms with van der Waals surface area (Å²) in [7, 11) is 1.76. The van der Waals surface area contributed by atoms with Crippen LogP contribution in [0, 0.1) is 12.3 Å². The molecule has 2 N–H and O–H groups in total. The van der Waals surface area contributed by atoms with Crippen molar-refractivity contribution < 1.29 is 14.3 Å². The summed E-state index contributed by atoms with van der Waals surface area (Å²) >= 11 is 1.61. The van der Waals surface area contributed by atoms with Gasteiger partial charge in [-0.1, -0.05) is 58.9 Å². The normalized spacial score (nSPS) is 16.8. The van der Waals surface area contributed by atoms with Crippen molar-refractivity contribution in [1.29, 1.82) is 0 Å². The highest BCUT2D eigenvalue weighted by molar-refractivity contribution is 7.13. The monoisotopic (exact) mass is 460 g/mol. The number of hydrogen-bond acceptors (Lipinski definition) is 6. The van der Waals surface area contributed by atoms with Gasteiger partial charge in [0.2, 0.25) is 11.8 Å². The molecule has 0 spiro atoms. The average molecular weight is 461 g/mol. The third-order valence-electron chi connectivity index (χ3n) is 5.30. The molecule has 8 heteroatoms. The molecule has 32 heavy (non-hydrogen) atoms. The van der Waals surface area contributed by atoms with E-state index < -0.39 is 12.1 Å². The van der Waals surface area contributed by atoms with Crippen molar-refractivity contribution >= 4 is 23.2 Å². The van der Waals surface area contributed by atoms with E-state index >= 15 is 0 Å². The van der Waals surface area contributed by atoms with Crippen molar-refractivity contribution in [2.45, 2.75) is 60.2 Å². The number of carbonyl (C=O) groups is 2. The first-order valence-corrected chi connectivity index (χ1v) is 11.9. The Morgan fingerprint density at radius 1 is 1.25 bits per heavy atom. The van der Waals surface area contributed by atoms with E-state index in [4.69, 9.17) is 4.74 Å². The van der Waals surface area contributed by atoms with Crippen molar-refractivity contribution in [2.75, 3.05) is 20.4 Å². The molecule has 1 saturated heterocycles. The molecule has 0 bridgehead atoms. The fourth-order valence-corrected chi connectivity index (χ4v) is 4.44. The molecule has 176 valence electrons. The summed E-state index contributed by atoms with van der Waals surface area (Å²) in [6, 6.07) is 7.07. The van der Waals surface area contributed by atoms with Crippen LogP contribution in [0.1, 0.15) is 45.9 Å². The summed E-state index contributed by atoms with van der Waals surface area (Å²) < 4.78 is 5.45. The Morgan fingerprint density at radius 3 is 2.44 bits per heavy atom. The van der Waals surface area contributed by atoms with Crippen LogP contribution in [0.3, 0.4) is 0 Å². The largest absolute Gasteiger partial charge is 0.358 e. The SMILES string of the molecule is CC.CNC(C(=O)N1COCC1C(=O)NCc1ccc(-c2scnc2C)cc1)C(C)(C)C. The van der Waals surface area contributed by atoms with Gasteiger partial charge in [0.25, 0.3) is 0 Å². The maximum Gasteiger partial charge on any atom is 0.245 e. The lowest BCUT2D eigenvalue weighted by atomic mass is 9.86. The van der Waals surface area contributed by atoms with E-state index in [9.17, 15) is 9.59 Å². The fraction of sp³-hybridized carbons (Fsp3) is 0.542. The number of carbonyl (C=O) groups excluding carboxylic acids is 2. The minimum Gasteiger partial charge on any atom is -0.358 e. The molecule has 0 radical (unpaired) electrons. The van der Waals surface area contributed by atoms with Crippen LogP contribution >= 0.6 is 11.3 Å². The van der Waals surface area contributed by atoms with Gasteiger partial charge in [-0.05, 0) is 30.5 Å². The summed E-state index contributed by atoms with van der Waals surface area (Å²) in [6.07, 6.45) is 0. The number of thiazole rings is 1. The molecule has 1 aliphatic rings. The number of likely N-dealkylation sites (N-methyl/N-ethyl adjacent to an activating group) is 1. The van der Waals surface area contributed by atoms with Gasteiger partial charge in [0.15, 0.2) is 0 Å². The number of amides is 2. The average Bonchev–Trinajstić information content (AvgIpc) is 3.42. The van der Waals surface area contributed by atoms with Crippen molar-refractivity contribution in [1.82, 2.24) is 20.5 Å². The number of aryl methyl sites for hydroxylation is 1. The molecule has 1 aromatic carbocycles. The molecule has 2 heterocycles. The Labute approximate surface area is 195 Å². The van der Waals surface area contributed by atoms with Crippen molar-refractivity contribution in [3.05, 3.63) is 41.0 Å². The van der Waals surface area contributed by atoms with Gasteiger partial charge < -0.3 is 20.3 Å². The van der Waals surface area contributed by atoms with Gasteiger partial charge in [0, 0.05) is 6.54 Å². The van der Waals surface area contributed by atoms with Crippen LogP contribution in [0.25, 0.3) is 10.4 Å². The molecular weight excluding hydrogens is 424 g/mol. The molecule has 1 aliphatic heterocycles. The summed E-state index contributed by atoms with van der Waals surface area (Å²) in [6.45, 7) is 12.7. The predicted molar refractivity (Wildman–Crippen MR) is 129 cm³/mol. The van der Waals surface area contributed by atoms with Gasteiger partial charge >= 0.3 is 0 Å². The van der Waals surface area contributed by atoms with Crippen LogP contribution in [0.15, 0.2) is 29.8 Å². The molecular formula is C24H36N4O3S. The number of benzene rings is 1. The van der Waals surface area contributed by atoms with Gasteiger partial charge in [-0.2, -0.15) is 0 Å². The minimum absolute atomic E-state index is 0.119. The number of ether oxygens (including phenoxy) is 1. The van der Waals surface area contributed by atoms with Crippen LogP contribution in [0.2, 0.25) is 0 Å². The Bertz CT molecular complexity index is 889. The van der Waals surface area contributed by atoms with E-state index in [-0.39, 0.29) is 30.6 Å². The zero-order valence-corrected chi connectivity index (χ0v) is 21.0. The lowest BCUT2D eigenvalue weighted by Crippen LogP contribution is -2.56. The van der Waals surface area contributed by atoms with Gasteiger partial charge in [0.05, 0.1) is 28.7 Å². The lowest BCUT2D eigenvalue weighted by Gasteiger charge is -2.33. The highest BCUT2D eigenvalue weighted by Crippen LogP contribution is 2.27. The number of aromatic nitrogens is 1. The van der Waals surface area contributed by atoms with E-state index in [1.165, 1.54) is 4.90 Å². The van der Waals surface area contributed by atoms with Gasteiger partial charge in [-0.25, -0.2) is 4.98 Å². The Morgan fingerprint density at radius 2 is 1.91 bits per heavy atom.